The van der Waals surface area contributed by atoms with E-state index in [0.29, 0.717) is 6.54 Å². The maximum absolute atomic E-state index is 8.58. The lowest BCUT2D eigenvalue weighted by molar-refractivity contribution is 0.300. The Kier molecular flexibility index (Phi) is 5.08. The summed E-state index contributed by atoms with van der Waals surface area (Å²) in [7, 11) is 1.61. The lowest BCUT2D eigenvalue weighted by Crippen LogP contribution is -2.23. The van der Waals surface area contributed by atoms with Crippen molar-refractivity contribution in [2.75, 3.05) is 20.3 Å². The van der Waals surface area contributed by atoms with Crippen molar-refractivity contribution in [2.24, 2.45) is 0 Å². The topological polar surface area (TPSA) is 65.3 Å². The van der Waals surface area contributed by atoms with E-state index in [1.807, 2.05) is 24.3 Å². The molecule has 4 nitrogen and oxygen atoms in total. The van der Waals surface area contributed by atoms with Crippen LogP contribution in [-0.2, 0) is 0 Å². The number of rotatable bonds is 5. The van der Waals surface area contributed by atoms with E-state index in [2.05, 4.69) is 5.32 Å². The summed E-state index contributed by atoms with van der Waals surface area (Å²) in [5.41, 5.74) is 0.917. The SMILES string of the molecule is COc1ccccc1/C=C/C(=N)NCCO. The van der Waals surface area contributed by atoms with Gasteiger partial charge in [-0.25, -0.2) is 0 Å². The summed E-state index contributed by atoms with van der Waals surface area (Å²) in [5, 5.41) is 18.8. The molecular formula is C12H16N2O2. The quantitative estimate of drug-likeness (QED) is 0.517. The number of aliphatic hydroxyl groups is 1. The molecule has 0 saturated carbocycles. The minimum Gasteiger partial charge on any atom is -0.496 e. The van der Waals surface area contributed by atoms with Crippen LogP contribution >= 0.6 is 0 Å². The largest absolute Gasteiger partial charge is 0.496 e. The highest BCUT2D eigenvalue weighted by molar-refractivity contribution is 5.94. The Balaban J connectivity index is 2.64. The molecule has 0 saturated heterocycles. The average molecular weight is 220 g/mol. The predicted molar refractivity (Wildman–Crippen MR) is 64.8 cm³/mol. The zero-order valence-electron chi connectivity index (χ0n) is 9.23. The van der Waals surface area contributed by atoms with Crippen LogP contribution in [0, 0.1) is 5.41 Å². The van der Waals surface area contributed by atoms with Crippen molar-refractivity contribution in [3.05, 3.63) is 35.9 Å². The molecule has 4 heteroatoms. The van der Waals surface area contributed by atoms with Crippen molar-refractivity contribution >= 4 is 11.9 Å². The van der Waals surface area contributed by atoms with E-state index in [9.17, 15) is 0 Å². The molecule has 0 amide bonds. The van der Waals surface area contributed by atoms with Crippen molar-refractivity contribution in [1.29, 1.82) is 5.41 Å². The first kappa shape index (κ1) is 12.3. The molecule has 0 aromatic heterocycles. The Labute approximate surface area is 95.1 Å². The molecule has 0 aliphatic carbocycles. The van der Waals surface area contributed by atoms with Crippen molar-refractivity contribution < 1.29 is 9.84 Å². The van der Waals surface area contributed by atoms with Crippen LogP contribution in [0.1, 0.15) is 5.56 Å². The van der Waals surface area contributed by atoms with Gasteiger partial charge in [-0.2, -0.15) is 0 Å². The summed E-state index contributed by atoms with van der Waals surface area (Å²) < 4.78 is 5.18. The fraction of sp³-hybridized carbons (Fsp3) is 0.250. The molecule has 0 heterocycles. The van der Waals surface area contributed by atoms with Crippen molar-refractivity contribution in [2.45, 2.75) is 0 Å². The standard InChI is InChI=1S/C12H16N2O2/c1-16-11-5-3-2-4-10(11)6-7-12(13)14-8-9-15/h2-7,15H,8-9H2,1H3,(H2,13,14)/b7-6+. The van der Waals surface area contributed by atoms with E-state index in [1.165, 1.54) is 0 Å². The van der Waals surface area contributed by atoms with Crippen molar-refractivity contribution in [1.82, 2.24) is 5.32 Å². The number of hydrogen-bond acceptors (Lipinski definition) is 3. The highest BCUT2D eigenvalue weighted by Crippen LogP contribution is 2.18. The lowest BCUT2D eigenvalue weighted by atomic mass is 10.2. The number of ether oxygens (including phenoxy) is 1. The first-order chi connectivity index (χ1) is 7.77. The van der Waals surface area contributed by atoms with Gasteiger partial charge in [0.15, 0.2) is 0 Å². The third-order valence-corrected chi connectivity index (χ3v) is 2.00. The van der Waals surface area contributed by atoms with Gasteiger partial charge >= 0.3 is 0 Å². The van der Waals surface area contributed by atoms with E-state index < -0.39 is 0 Å². The Morgan fingerprint density at radius 3 is 2.94 bits per heavy atom. The zero-order chi connectivity index (χ0) is 11.8. The Morgan fingerprint density at radius 1 is 1.50 bits per heavy atom. The Morgan fingerprint density at radius 2 is 2.25 bits per heavy atom. The Bertz CT molecular complexity index is 375. The van der Waals surface area contributed by atoms with Gasteiger partial charge in [0, 0.05) is 12.1 Å². The molecule has 0 fully saturated rings. The van der Waals surface area contributed by atoms with Crippen LogP contribution in [0.15, 0.2) is 30.3 Å². The summed E-state index contributed by atoms with van der Waals surface area (Å²) in [6.07, 6.45) is 3.43. The fourth-order valence-electron chi connectivity index (χ4n) is 1.23. The van der Waals surface area contributed by atoms with Gasteiger partial charge < -0.3 is 15.2 Å². The van der Waals surface area contributed by atoms with Gasteiger partial charge in [0.2, 0.25) is 0 Å². The second-order valence-electron chi connectivity index (χ2n) is 3.14. The minimum absolute atomic E-state index is 0.0187. The smallest absolute Gasteiger partial charge is 0.126 e. The monoisotopic (exact) mass is 220 g/mol. The van der Waals surface area contributed by atoms with Gasteiger partial charge in [0.25, 0.3) is 0 Å². The van der Waals surface area contributed by atoms with Gasteiger partial charge in [-0.3, -0.25) is 5.41 Å². The van der Waals surface area contributed by atoms with Crippen LogP contribution in [-0.4, -0.2) is 31.2 Å². The highest BCUT2D eigenvalue weighted by Gasteiger charge is 1.96. The third kappa shape index (κ3) is 3.74. The molecule has 86 valence electrons. The van der Waals surface area contributed by atoms with E-state index in [1.54, 1.807) is 19.3 Å². The van der Waals surface area contributed by atoms with Gasteiger partial charge in [-0.05, 0) is 18.2 Å². The predicted octanol–water partition coefficient (Wildman–Crippen LogP) is 1.27. The van der Waals surface area contributed by atoms with Gasteiger partial charge in [0.05, 0.1) is 13.7 Å². The molecule has 0 unspecified atom stereocenters. The molecule has 0 aliphatic heterocycles. The molecule has 16 heavy (non-hydrogen) atoms. The fourth-order valence-corrected chi connectivity index (χ4v) is 1.23. The molecule has 1 aromatic rings. The number of amidine groups is 1. The van der Waals surface area contributed by atoms with E-state index in [-0.39, 0.29) is 12.4 Å². The number of para-hydroxylation sites is 1. The maximum Gasteiger partial charge on any atom is 0.126 e. The molecule has 0 spiro atoms. The molecule has 0 radical (unpaired) electrons. The summed E-state index contributed by atoms with van der Waals surface area (Å²) in [6.45, 7) is 0.403. The number of nitrogens with one attached hydrogen (secondary N) is 2. The van der Waals surface area contributed by atoms with Gasteiger partial charge in [-0.15, -0.1) is 0 Å². The first-order valence-electron chi connectivity index (χ1n) is 5.02. The van der Waals surface area contributed by atoms with E-state index in [4.69, 9.17) is 15.3 Å². The van der Waals surface area contributed by atoms with Gasteiger partial charge in [-0.1, -0.05) is 18.2 Å². The molecule has 3 N–H and O–H groups in total. The van der Waals surface area contributed by atoms with E-state index in [0.717, 1.165) is 11.3 Å². The van der Waals surface area contributed by atoms with Crippen LogP contribution in [0.2, 0.25) is 0 Å². The lowest BCUT2D eigenvalue weighted by Gasteiger charge is -2.04. The van der Waals surface area contributed by atoms with Crippen LogP contribution in [0.25, 0.3) is 6.08 Å². The van der Waals surface area contributed by atoms with Crippen LogP contribution in [0.5, 0.6) is 5.75 Å². The second-order valence-corrected chi connectivity index (χ2v) is 3.14. The first-order valence-corrected chi connectivity index (χ1v) is 5.02. The van der Waals surface area contributed by atoms with Crippen LogP contribution < -0.4 is 10.1 Å². The summed E-state index contributed by atoms with van der Waals surface area (Å²) in [6, 6.07) is 7.58. The minimum atomic E-state index is 0.0187. The summed E-state index contributed by atoms with van der Waals surface area (Å²) >= 11 is 0. The zero-order valence-corrected chi connectivity index (χ0v) is 9.23. The van der Waals surface area contributed by atoms with E-state index >= 15 is 0 Å². The number of hydrogen-bond donors (Lipinski definition) is 3. The molecule has 0 bridgehead atoms. The average Bonchev–Trinajstić information content (AvgIpc) is 2.34. The van der Waals surface area contributed by atoms with Crippen molar-refractivity contribution in [3.63, 3.8) is 0 Å². The number of benzene rings is 1. The maximum atomic E-state index is 8.58. The Hall–Kier alpha value is -1.81. The molecule has 0 atom stereocenters. The molecular weight excluding hydrogens is 204 g/mol. The van der Waals surface area contributed by atoms with Crippen molar-refractivity contribution in [3.8, 4) is 5.75 Å². The summed E-state index contributed by atoms with van der Waals surface area (Å²) in [4.78, 5) is 0. The molecule has 1 aromatic carbocycles. The van der Waals surface area contributed by atoms with Gasteiger partial charge in [0.1, 0.15) is 11.6 Å². The normalized spacial score (nSPS) is 10.4. The highest BCUT2D eigenvalue weighted by atomic mass is 16.5. The number of aliphatic hydroxyl groups excluding tert-OH is 1. The molecule has 0 aliphatic rings. The van der Waals surface area contributed by atoms with Crippen LogP contribution in [0.4, 0.5) is 0 Å². The molecule has 1 rings (SSSR count). The van der Waals surface area contributed by atoms with Crippen LogP contribution in [0.3, 0.4) is 0 Å². The number of methoxy groups -OCH3 is 1. The second kappa shape index (κ2) is 6.63. The third-order valence-electron chi connectivity index (χ3n) is 2.00. The summed E-state index contributed by atoms with van der Waals surface area (Å²) in [5.74, 6) is 1.04.